The number of hydrogen-bond acceptors (Lipinski definition) is 2. The third-order valence-corrected chi connectivity index (χ3v) is 6.00. The van der Waals surface area contributed by atoms with E-state index in [1.165, 1.54) is 0 Å². The Balaban J connectivity index is 1.62. The maximum absolute atomic E-state index is 12.8. The molecule has 0 radical (unpaired) electrons. The van der Waals surface area contributed by atoms with Crippen LogP contribution in [0.15, 0.2) is 0 Å². The van der Waals surface area contributed by atoms with Gasteiger partial charge in [0.2, 0.25) is 5.91 Å². The number of alkyl halides is 3. The minimum Gasteiger partial charge on any atom is -0.342 e. The third-order valence-electron chi connectivity index (χ3n) is 6.00. The summed E-state index contributed by atoms with van der Waals surface area (Å²) in [7, 11) is 0. The minimum atomic E-state index is -4.12. The Labute approximate surface area is 123 Å². The van der Waals surface area contributed by atoms with Crippen molar-refractivity contribution >= 4 is 5.91 Å². The van der Waals surface area contributed by atoms with E-state index in [-0.39, 0.29) is 42.8 Å². The summed E-state index contributed by atoms with van der Waals surface area (Å²) in [5.74, 6) is -1.15. The van der Waals surface area contributed by atoms with Crippen molar-refractivity contribution in [3.8, 4) is 0 Å². The van der Waals surface area contributed by atoms with Crippen LogP contribution in [0, 0.1) is 11.3 Å². The Hall–Kier alpha value is -0.780. The molecule has 4 aliphatic rings. The van der Waals surface area contributed by atoms with Gasteiger partial charge in [0, 0.05) is 24.0 Å². The molecule has 3 nitrogen and oxygen atoms in total. The van der Waals surface area contributed by atoms with Crippen LogP contribution in [0.3, 0.4) is 0 Å². The maximum Gasteiger partial charge on any atom is 0.391 e. The topological polar surface area (TPSA) is 46.3 Å². The molecule has 0 unspecified atom stereocenters. The van der Waals surface area contributed by atoms with Crippen molar-refractivity contribution in [2.45, 2.75) is 63.1 Å². The van der Waals surface area contributed by atoms with E-state index in [9.17, 15) is 18.0 Å². The van der Waals surface area contributed by atoms with Crippen molar-refractivity contribution in [1.29, 1.82) is 0 Å². The normalized spacial score (nSPS) is 37.8. The van der Waals surface area contributed by atoms with E-state index < -0.39 is 12.1 Å². The van der Waals surface area contributed by atoms with E-state index in [0.29, 0.717) is 0 Å². The Morgan fingerprint density at radius 1 is 1.00 bits per heavy atom. The summed E-state index contributed by atoms with van der Waals surface area (Å²) in [6.07, 6.45) is 1.01. The first-order valence-electron chi connectivity index (χ1n) is 7.89. The Kier molecular flexibility index (Phi) is 3.50. The summed E-state index contributed by atoms with van der Waals surface area (Å²) in [6.45, 7) is 0.497. The lowest BCUT2D eigenvalue weighted by molar-refractivity contribution is -0.188. The number of rotatable bonds is 1. The van der Waals surface area contributed by atoms with Crippen molar-refractivity contribution in [1.82, 2.24) is 4.90 Å². The van der Waals surface area contributed by atoms with Crippen LogP contribution in [0.25, 0.3) is 0 Å². The van der Waals surface area contributed by atoms with Crippen LogP contribution in [-0.2, 0) is 4.79 Å². The summed E-state index contributed by atoms with van der Waals surface area (Å²) in [6, 6.07) is 0. The summed E-state index contributed by atoms with van der Waals surface area (Å²) in [5, 5.41) is 0. The highest BCUT2D eigenvalue weighted by Crippen LogP contribution is 2.52. The molecule has 3 saturated carbocycles. The molecule has 2 N–H and O–H groups in total. The molecule has 3 aliphatic carbocycles. The molecule has 0 aromatic rings. The van der Waals surface area contributed by atoms with Gasteiger partial charge in [-0.15, -0.1) is 0 Å². The average molecular weight is 304 g/mol. The van der Waals surface area contributed by atoms with E-state index in [4.69, 9.17) is 5.73 Å². The molecule has 1 amide bonds. The number of likely N-dealkylation sites (tertiary alicyclic amines) is 1. The molecule has 1 saturated heterocycles. The summed E-state index contributed by atoms with van der Waals surface area (Å²) in [5.41, 5.74) is 5.83. The molecule has 1 aliphatic heterocycles. The van der Waals surface area contributed by atoms with Crippen LogP contribution in [0.1, 0.15) is 51.4 Å². The summed E-state index contributed by atoms with van der Waals surface area (Å²) in [4.78, 5) is 14.5. The number of halogens is 3. The monoisotopic (exact) mass is 304 g/mol. The van der Waals surface area contributed by atoms with Crippen LogP contribution in [0.2, 0.25) is 0 Å². The van der Waals surface area contributed by atoms with Crippen molar-refractivity contribution in [3.63, 3.8) is 0 Å². The second kappa shape index (κ2) is 4.86. The van der Waals surface area contributed by atoms with Crippen LogP contribution in [-0.4, -0.2) is 35.6 Å². The van der Waals surface area contributed by atoms with Gasteiger partial charge in [-0.3, -0.25) is 4.79 Å². The molecular weight excluding hydrogens is 281 g/mol. The highest BCUT2D eigenvalue weighted by Gasteiger charge is 2.52. The van der Waals surface area contributed by atoms with Gasteiger partial charge in [0.05, 0.1) is 5.92 Å². The zero-order chi connectivity index (χ0) is 15.3. The first-order valence-corrected chi connectivity index (χ1v) is 7.89. The molecule has 0 spiro atoms. The van der Waals surface area contributed by atoms with Crippen molar-refractivity contribution in [2.24, 2.45) is 17.1 Å². The molecule has 0 aromatic carbocycles. The molecule has 6 heteroatoms. The van der Waals surface area contributed by atoms with Crippen LogP contribution in [0.5, 0.6) is 0 Å². The van der Waals surface area contributed by atoms with Crippen LogP contribution < -0.4 is 5.73 Å². The molecule has 120 valence electrons. The Morgan fingerprint density at radius 3 is 1.90 bits per heavy atom. The fraction of sp³-hybridized carbons (Fsp3) is 0.933. The smallest absolute Gasteiger partial charge is 0.342 e. The number of piperidine rings is 1. The third kappa shape index (κ3) is 2.67. The Morgan fingerprint density at radius 2 is 1.48 bits per heavy atom. The van der Waals surface area contributed by atoms with Gasteiger partial charge in [-0.1, -0.05) is 0 Å². The summed E-state index contributed by atoms with van der Waals surface area (Å²) >= 11 is 0. The number of carbonyl (C=O) groups is 1. The molecule has 4 rings (SSSR count). The molecule has 0 atom stereocenters. The lowest BCUT2D eigenvalue weighted by Crippen LogP contribution is -2.58. The van der Waals surface area contributed by atoms with Gasteiger partial charge >= 0.3 is 6.18 Å². The van der Waals surface area contributed by atoms with Gasteiger partial charge in [-0.05, 0) is 51.4 Å². The van der Waals surface area contributed by atoms with E-state index in [0.717, 1.165) is 38.5 Å². The van der Waals surface area contributed by atoms with Crippen LogP contribution >= 0.6 is 0 Å². The Bertz CT molecular complexity index is 403. The quantitative estimate of drug-likeness (QED) is 0.809. The minimum absolute atomic E-state index is 0.0478. The number of nitrogens with two attached hydrogens (primary N) is 1. The van der Waals surface area contributed by atoms with Gasteiger partial charge in [0.15, 0.2) is 0 Å². The average Bonchev–Trinajstić information content (AvgIpc) is 2.47. The van der Waals surface area contributed by atoms with E-state index in [2.05, 4.69) is 0 Å². The predicted molar refractivity (Wildman–Crippen MR) is 72.4 cm³/mol. The number of hydrogen-bond donors (Lipinski definition) is 1. The highest BCUT2D eigenvalue weighted by atomic mass is 19.4. The van der Waals surface area contributed by atoms with E-state index in [1.54, 1.807) is 4.90 Å². The first kappa shape index (κ1) is 15.1. The molecular formula is C15H23F3N2O. The zero-order valence-electron chi connectivity index (χ0n) is 12.2. The number of amides is 1. The highest BCUT2D eigenvalue weighted by molar-refractivity contribution is 5.83. The maximum atomic E-state index is 12.8. The largest absolute Gasteiger partial charge is 0.391 e. The molecule has 0 aromatic heterocycles. The molecule has 4 fully saturated rings. The fourth-order valence-corrected chi connectivity index (χ4v) is 4.28. The zero-order valence-corrected chi connectivity index (χ0v) is 12.2. The van der Waals surface area contributed by atoms with Gasteiger partial charge in [0.25, 0.3) is 0 Å². The van der Waals surface area contributed by atoms with Crippen molar-refractivity contribution in [2.75, 3.05) is 13.1 Å². The fourth-order valence-electron chi connectivity index (χ4n) is 4.28. The second-order valence-corrected chi connectivity index (χ2v) is 7.25. The lowest BCUT2D eigenvalue weighted by Gasteiger charge is -2.52. The first-order chi connectivity index (χ1) is 9.74. The SMILES string of the molecule is NC12CCC(C(=O)N3CCC(C(F)(F)F)CC3)(CC1)CC2. The second-order valence-electron chi connectivity index (χ2n) is 7.25. The standard InChI is InChI=1S/C15H23F3N2O/c16-15(17,18)11-1-9-20(10-2-11)12(21)13-3-6-14(19,7-4-13)8-5-13/h11H,1-10,19H2. The molecule has 1 heterocycles. The number of carbonyl (C=O) groups excluding carboxylic acids is 1. The van der Waals surface area contributed by atoms with E-state index in [1.807, 2.05) is 0 Å². The van der Waals surface area contributed by atoms with Crippen molar-refractivity contribution in [3.05, 3.63) is 0 Å². The number of nitrogens with zero attached hydrogens (tertiary/aromatic N) is 1. The number of fused-ring (bicyclic) bond motifs is 3. The lowest BCUT2D eigenvalue weighted by atomic mass is 9.57. The summed E-state index contributed by atoms with van der Waals surface area (Å²) < 4.78 is 38.1. The predicted octanol–water partition coefficient (Wildman–Crippen LogP) is 2.84. The van der Waals surface area contributed by atoms with Crippen LogP contribution in [0.4, 0.5) is 13.2 Å². The molecule has 2 bridgehead atoms. The van der Waals surface area contributed by atoms with Crippen molar-refractivity contribution < 1.29 is 18.0 Å². The van der Waals surface area contributed by atoms with Gasteiger partial charge < -0.3 is 10.6 Å². The molecule has 21 heavy (non-hydrogen) atoms. The van der Waals surface area contributed by atoms with Gasteiger partial charge in [0.1, 0.15) is 0 Å². The van der Waals surface area contributed by atoms with Gasteiger partial charge in [-0.25, -0.2) is 0 Å². The van der Waals surface area contributed by atoms with E-state index >= 15 is 0 Å². The van der Waals surface area contributed by atoms with Gasteiger partial charge in [-0.2, -0.15) is 13.2 Å².